The summed E-state index contributed by atoms with van der Waals surface area (Å²) in [5, 5.41) is 3.06. The third kappa shape index (κ3) is 4.82. The summed E-state index contributed by atoms with van der Waals surface area (Å²) in [6, 6.07) is 5.89. The molecule has 1 aliphatic heterocycles. The molecule has 3 N–H and O–H groups in total. The summed E-state index contributed by atoms with van der Waals surface area (Å²) < 4.78 is 46.4. The zero-order valence-corrected chi connectivity index (χ0v) is 16.6. The van der Waals surface area contributed by atoms with Gasteiger partial charge in [-0.25, -0.2) is 15.0 Å². The van der Waals surface area contributed by atoms with Gasteiger partial charge in [-0.1, -0.05) is 0 Å². The Kier molecular flexibility index (Phi) is 5.59. The van der Waals surface area contributed by atoms with Crippen molar-refractivity contribution in [1.29, 1.82) is 0 Å². The number of nitrogen functional groups attached to an aromatic ring is 1. The van der Waals surface area contributed by atoms with Gasteiger partial charge >= 0.3 is 6.18 Å². The first-order valence-electron chi connectivity index (χ1n) is 9.54. The molecule has 0 amide bonds. The molecule has 1 aliphatic rings. The van der Waals surface area contributed by atoms with Crippen molar-refractivity contribution in [2.75, 3.05) is 42.3 Å². The highest BCUT2D eigenvalue weighted by atomic mass is 19.4. The predicted octanol–water partition coefficient (Wildman–Crippen LogP) is 3.42. The first-order valence-corrected chi connectivity index (χ1v) is 9.54. The summed E-state index contributed by atoms with van der Waals surface area (Å²) in [5.41, 5.74) is 5.47. The monoisotopic (exact) mass is 431 g/mol. The largest absolute Gasteiger partial charge is 0.417 e. The number of halogens is 3. The Morgan fingerprint density at radius 1 is 1.06 bits per heavy atom. The van der Waals surface area contributed by atoms with E-state index in [9.17, 15) is 13.2 Å². The molecular weight excluding hydrogens is 411 g/mol. The molecule has 11 heteroatoms. The predicted molar refractivity (Wildman–Crippen MR) is 110 cm³/mol. The van der Waals surface area contributed by atoms with Crippen molar-refractivity contribution in [1.82, 2.24) is 19.9 Å². The summed E-state index contributed by atoms with van der Waals surface area (Å²) >= 11 is 0. The zero-order chi connectivity index (χ0) is 22.0. The molecule has 1 fully saturated rings. The Labute approximate surface area is 176 Å². The molecule has 0 atom stereocenters. The lowest BCUT2D eigenvalue weighted by Crippen LogP contribution is -2.37. The third-order valence-electron chi connectivity index (χ3n) is 4.69. The average Bonchev–Trinajstić information content (AvgIpc) is 2.73. The highest BCUT2D eigenvalue weighted by Gasteiger charge is 2.35. The highest BCUT2D eigenvalue weighted by molar-refractivity contribution is 5.70. The van der Waals surface area contributed by atoms with E-state index in [4.69, 9.17) is 10.5 Å². The van der Waals surface area contributed by atoms with E-state index in [0.717, 1.165) is 17.8 Å². The van der Waals surface area contributed by atoms with E-state index in [0.29, 0.717) is 43.9 Å². The van der Waals surface area contributed by atoms with Crippen molar-refractivity contribution >= 4 is 23.4 Å². The van der Waals surface area contributed by atoms with E-state index >= 15 is 0 Å². The van der Waals surface area contributed by atoms with Gasteiger partial charge in [-0.15, -0.1) is 0 Å². The van der Waals surface area contributed by atoms with Gasteiger partial charge in [0.25, 0.3) is 0 Å². The molecule has 0 aromatic carbocycles. The number of anilines is 4. The van der Waals surface area contributed by atoms with E-state index < -0.39 is 11.7 Å². The fourth-order valence-electron chi connectivity index (χ4n) is 3.19. The van der Waals surface area contributed by atoms with Gasteiger partial charge in [0.15, 0.2) is 0 Å². The van der Waals surface area contributed by atoms with Gasteiger partial charge in [-0.05, 0) is 30.7 Å². The number of nitrogens with zero attached hydrogens (tertiary/aromatic N) is 5. The topological polar surface area (TPSA) is 102 Å². The average molecular weight is 431 g/mol. The second kappa shape index (κ2) is 8.34. The molecule has 0 spiro atoms. The molecule has 8 nitrogen and oxygen atoms in total. The molecule has 31 heavy (non-hydrogen) atoms. The van der Waals surface area contributed by atoms with Gasteiger partial charge in [-0.3, -0.25) is 0 Å². The number of nitrogens with two attached hydrogens (primary N) is 1. The Hall–Kier alpha value is -3.47. The Morgan fingerprint density at radius 2 is 1.84 bits per heavy atom. The van der Waals surface area contributed by atoms with Gasteiger partial charge in [0, 0.05) is 37.1 Å². The van der Waals surface area contributed by atoms with Crippen LogP contribution in [0.1, 0.15) is 11.1 Å². The van der Waals surface area contributed by atoms with E-state index in [-0.39, 0.29) is 17.1 Å². The van der Waals surface area contributed by atoms with E-state index in [1.54, 1.807) is 6.20 Å². The number of nitrogens with one attached hydrogen (secondary N) is 1. The Bertz CT molecular complexity index is 1080. The lowest BCUT2D eigenvalue weighted by atomic mass is 10.1. The van der Waals surface area contributed by atoms with E-state index in [1.165, 1.54) is 6.07 Å². The van der Waals surface area contributed by atoms with Crippen LogP contribution in [0, 0.1) is 6.92 Å². The molecule has 0 aliphatic carbocycles. The fraction of sp³-hybridized carbons (Fsp3) is 0.300. The number of aromatic nitrogens is 4. The minimum absolute atomic E-state index is 0.0754. The maximum Gasteiger partial charge on any atom is 0.417 e. The molecule has 4 rings (SSSR count). The van der Waals surface area contributed by atoms with Crippen molar-refractivity contribution < 1.29 is 17.9 Å². The second-order valence-electron chi connectivity index (χ2n) is 7.03. The van der Waals surface area contributed by atoms with Crippen LogP contribution in [-0.2, 0) is 10.9 Å². The van der Waals surface area contributed by atoms with Crippen LogP contribution in [0.5, 0.6) is 0 Å². The molecule has 0 unspecified atom stereocenters. The molecule has 3 aromatic heterocycles. The highest BCUT2D eigenvalue weighted by Crippen LogP contribution is 2.38. The maximum absolute atomic E-state index is 13.7. The third-order valence-corrected chi connectivity index (χ3v) is 4.69. The van der Waals surface area contributed by atoms with Gasteiger partial charge in [0.2, 0.25) is 5.95 Å². The number of hydrogen-bond donors (Lipinski definition) is 2. The minimum atomic E-state index is -4.62. The van der Waals surface area contributed by atoms with Crippen LogP contribution in [0.25, 0.3) is 11.3 Å². The van der Waals surface area contributed by atoms with Crippen LogP contribution in [0.4, 0.5) is 36.6 Å². The number of pyridine rings is 2. The van der Waals surface area contributed by atoms with Crippen LogP contribution >= 0.6 is 0 Å². The summed E-state index contributed by atoms with van der Waals surface area (Å²) in [5.74, 6) is 0.903. The summed E-state index contributed by atoms with van der Waals surface area (Å²) in [6.07, 6.45) is -1.91. The number of morpholine rings is 1. The van der Waals surface area contributed by atoms with Crippen molar-refractivity contribution in [2.45, 2.75) is 13.1 Å². The van der Waals surface area contributed by atoms with Crippen LogP contribution in [0.3, 0.4) is 0 Å². The summed E-state index contributed by atoms with van der Waals surface area (Å²) in [7, 11) is 0. The van der Waals surface area contributed by atoms with Crippen molar-refractivity contribution in [3.63, 3.8) is 0 Å². The quantitative estimate of drug-likeness (QED) is 0.648. The smallest absolute Gasteiger partial charge is 0.384 e. The van der Waals surface area contributed by atoms with E-state index in [2.05, 4.69) is 25.3 Å². The SMILES string of the molecule is Cc1ccnc(Nc2cc(-c3cnc(N)cc3C(F)(F)F)nc(N3CCOCC3)n2)c1. The lowest BCUT2D eigenvalue weighted by Gasteiger charge is -2.27. The molecule has 1 saturated heterocycles. The van der Waals surface area contributed by atoms with Crippen molar-refractivity contribution in [3.8, 4) is 11.3 Å². The van der Waals surface area contributed by atoms with Crippen molar-refractivity contribution in [3.05, 3.63) is 47.8 Å². The molecule has 0 saturated carbocycles. The minimum Gasteiger partial charge on any atom is -0.384 e. The van der Waals surface area contributed by atoms with Gasteiger partial charge in [0.05, 0.1) is 24.5 Å². The van der Waals surface area contributed by atoms with Gasteiger partial charge < -0.3 is 20.7 Å². The van der Waals surface area contributed by atoms with Gasteiger partial charge in [0.1, 0.15) is 17.5 Å². The van der Waals surface area contributed by atoms with Crippen LogP contribution in [0.2, 0.25) is 0 Å². The van der Waals surface area contributed by atoms with Gasteiger partial charge in [-0.2, -0.15) is 18.2 Å². The molecule has 4 heterocycles. The van der Waals surface area contributed by atoms with Crippen molar-refractivity contribution in [2.24, 2.45) is 0 Å². The number of rotatable bonds is 4. The Morgan fingerprint density at radius 3 is 2.55 bits per heavy atom. The van der Waals surface area contributed by atoms with Crippen LogP contribution in [0.15, 0.2) is 36.7 Å². The molecule has 3 aromatic rings. The lowest BCUT2D eigenvalue weighted by molar-refractivity contribution is -0.137. The molecular formula is C20H20F3N7O. The first-order chi connectivity index (χ1) is 14.8. The number of alkyl halides is 3. The van der Waals surface area contributed by atoms with E-state index in [1.807, 2.05) is 24.0 Å². The standard InChI is InChI=1S/C20H20F3N7O/c1-12-2-3-25-17(8-12)28-18-10-15(27-19(29-18)30-4-6-31-7-5-30)13-11-26-16(24)9-14(13)20(21,22)23/h2-3,8-11H,4-7H2,1H3,(H2,24,26)(H,25,27,28,29). The first kappa shape index (κ1) is 20.8. The fourth-order valence-corrected chi connectivity index (χ4v) is 3.19. The summed E-state index contributed by atoms with van der Waals surface area (Å²) in [6.45, 7) is 3.92. The number of ether oxygens (including phenoxy) is 1. The molecule has 162 valence electrons. The normalized spacial score (nSPS) is 14.5. The Balaban J connectivity index is 1.82. The van der Waals surface area contributed by atoms with Crippen LogP contribution < -0.4 is 16.0 Å². The number of hydrogen-bond acceptors (Lipinski definition) is 8. The molecule has 0 bridgehead atoms. The number of aryl methyl sites for hydroxylation is 1. The summed E-state index contributed by atoms with van der Waals surface area (Å²) in [4.78, 5) is 18.9. The second-order valence-corrected chi connectivity index (χ2v) is 7.03. The molecule has 0 radical (unpaired) electrons. The van der Waals surface area contributed by atoms with Crippen LogP contribution in [-0.4, -0.2) is 46.2 Å². The maximum atomic E-state index is 13.7. The zero-order valence-electron chi connectivity index (χ0n) is 16.6.